The molecular formula is C25H31N7O4. The van der Waals surface area contributed by atoms with E-state index in [1.54, 1.807) is 31.1 Å². The summed E-state index contributed by atoms with van der Waals surface area (Å²) in [6.07, 6.45) is 4.98. The average molecular weight is 494 g/mol. The molecule has 3 atom stereocenters. The average Bonchev–Trinajstić information content (AvgIpc) is 3.38. The predicted molar refractivity (Wildman–Crippen MR) is 130 cm³/mol. The van der Waals surface area contributed by atoms with E-state index in [0.717, 1.165) is 31.2 Å². The first-order valence-corrected chi connectivity index (χ1v) is 12.1. The third-order valence-corrected chi connectivity index (χ3v) is 6.42. The van der Waals surface area contributed by atoms with E-state index < -0.39 is 5.60 Å². The number of nitrogens with zero attached hydrogens (tertiary/aromatic N) is 7. The molecule has 0 aromatic carbocycles. The molecule has 2 aliphatic heterocycles. The van der Waals surface area contributed by atoms with Gasteiger partial charge in [0.2, 0.25) is 11.8 Å². The third-order valence-electron chi connectivity index (χ3n) is 6.42. The summed E-state index contributed by atoms with van der Waals surface area (Å²) in [4.78, 5) is 19.2. The van der Waals surface area contributed by atoms with E-state index in [2.05, 4.69) is 25.5 Å². The molecule has 5 rings (SSSR count). The van der Waals surface area contributed by atoms with Crippen LogP contribution in [-0.2, 0) is 11.8 Å². The number of aromatic nitrogens is 6. The topological polar surface area (TPSA) is 117 Å². The first-order chi connectivity index (χ1) is 17.2. The summed E-state index contributed by atoms with van der Waals surface area (Å²) in [7, 11) is 3.37. The molecule has 0 spiro atoms. The van der Waals surface area contributed by atoms with Gasteiger partial charge >= 0.3 is 6.09 Å². The molecule has 36 heavy (non-hydrogen) atoms. The smallest absolute Gasteiger partial charge is 0.410 e. The molecule has 1 amide bonds. The van der Waals surface area contributed by atoms with E-state index in [4.69, 9.17) is 14.2 Å². The van der Waals surface area contributed by atoms with Crippen molar-refractivity contribution in [2.45, 2.75) is 70.2 Å². The molecule has 2 fully saturated rings. The number of carbonyl (C=O) groups is 1. The van der Waals surface area contributed by atoms with Gasteiger partial charge in [-0.2, -0.15) is 0 Å². The zero-order valence-corrected chi connectivity index (χ0v) is 21.2. The Morgan fingerprint density at radius 3 is 2.28 bits per heavy atom. The molecule has 3 aromatic heterocycles. The molecule has 3 aromatic rings. The Labute approximate surface area is 209 Å². The number of methoxy groups -OCH3 is 1. The van der Waals surface area contributed by atoms with Crippen LogP contribution in [0, 0.1) is 0 Å². The lowest BCUT2D eigenvalue weighted by atomic mass is 10.0. The molecule has 2 bridgehead atoms. The number of ether oxygens (including phenoxy) is 3. The maximum atomic E-state index is 12.7. The summed E-state index contributed by atoms with van der Waals surface area (Å²) in [6.45, 7) is 5.68. The van der Waals surface area contributed by atoms with Crippen molar-refractivity contribution in [1.82, 2.24) is 35.1 Å². The highest BCUT2D eigenvalue weighted by Gasteiger charge is 2.45. The Balaban J connectivity index is 1.25. The number of piperidine rings is 1. The molecule has 0 saturated carbocycles. The Hall–Kier alpha value is -3.76. The van der Waals surface area contributed by atoms with Crippen LogP contribution in [0.2, 0.25) is 0 Å². The second-order valence-electron chi connectivity index (χ2n) is 10.3. The van der Waals surface area contributed by atoms with Crippen LogP contribution < -0.4 is 9.47 Å². The van der Waals surface area contributed by atoms with Gasteiger partial charge in [-0.1, -0.05) is 5.21 Å². The Morgan fingerprint density at radius 2 is 1.69 bits per heavy atom. The predicted octanol–water partition coefficient (Wildman–Crippen LogP) is 3.65. The van der Waals surface area contributed by atoms with Crippen LogP contribution in [0.25, 0.3) is 22.6 Å². The van der Waals surface area contributed by atoms with Crippen LogP contribution in [0.5, 0.6) is 11.8 Å². The van der Waals surface area contributed by atoms with E-state index in [-0.39, 0.29) is 24.3 Å². The molecule has 0 radical (unpaired) electrons. The normalized spacial score (nSPS) is 21.4. The Morgan fingerprint density at radius 1 is 0.972 bits per heavy atom. The summed E-state index contributed by atoms with van der Waals surface area (Å²) >= 11 is 0. The summed E-state index contributed by atoms with van der Waals surface area (Å²) in [5.41, 5.74) is 2.15. The summed E-state index contributed by atoms with van der Waals surface area (Å²) in [6, 6.07) is 7.61. The number of hydrogen-bond acceptors (Lipinski definition) is 9. The highest BCUT2D eigenvalue weighted by molar-refractivity contribution is 5.70. The molecule has 11 nitrogen and oxygen atoms in total. The Kier molecular flexibility index (Phi) is 6.23. The van der Waals surface area contributed by atoms with E-state index in [9.17, 15) is 4.79 Å². The fraction of sp³-hybridized carbons (Fsp3) is 0.520. The fourth-order valence-corrected chi connectivity index (χ4v) is 4.93. The minimum Gasteiger partial charge on any atom is -0.480 e. The number of pyridine rings is 1. The quantitative estimate of drug-likeness (QED) is 0.525. The monoisotopic (exact) mass is 493 g/mol. The van der Waals surface area contributed by atoms with Crippen molar-refractivity contribution in [3.05, 3.63) is 30.5 Å². The van der Waals surface area contributed by atoms with Crippen molar-refractivity contribution in [2.24, 2.45) is 7.05 Å². The lowest BCUT2D eigenvalue weighted by molar-refractivity contribution is -0.00771. The molecule has 2 saturated heterocycles. The van der Waals surface area contributed by atoms with Crippen LogP contribution in [0.4, 0.5) is 4.79 Å². The van der Waals surface area contributed by atoms with Crippen LogP contribution in [0.1, 0.15) is 46.5 Å². The molecule has 0 aliphatic carbocycles. The van der Waals surface area contributed by atoms with E-state index in [1.165, 1.54) is 0 Å². The number of rotatable bonds is 5. The standard InChI is InChI=1S/C25H31N7O4/c1-25(2,3)36-24(33)32-15-6-7-16(32)13-17(12-15)35-22-11-10-20(27-29-22)19-9-8-18(23(26-19)34-5)21-14-31(4)30-28-21/h8-11,14-17H,6-7,12-13H2,1-5H3/t15-,16+,17?. The summed E-state index contributed by atoms with van der Waals surface area (Å²) in [5, 5.41) is 16.7. The van der Waals surface area contributed by atoms with Crippen molar-refractivity contribution < 1.29 is 19.0 Å². The van der Waals surface area contributed by atoms with Crippen molar-refractivity contribution in [3.63, 3.8) is 0 Å². The minimum absolute atomic E-state index is 0.0224. The van der Waals surface area contributed by atoms with Gasteiger partial charge in [0, 0.05) is 38.0 Å². The van der Waals surface area contributed by atoms with Crippen LogP contribution in [0.3, 0.4) is 0 Å². The lowest BCUT2D eigenvalue weighted by Gasteiger charge is -2.39. The summed E-state index contributed by atoms with van der Waals surface area (Å²) in [5.74, 6) is 0.888. The van der Waals surface area contributed by atoms with Gasteiger partial charge in [-0.15, -0.1) is 15.3 Å². The van der Waals surface area contributed by atoms with Gasteiger partial charge in [0.1, 0.15) is 23.1 Å². The highest BCUT2D eigenvalue weighted by atomic mass is 16.6. The fourth-order valence-electron chi connectivity index (χ4n) is 4.93. The highest BCUT2D eigenvalue weighted by Crippen LogP contribution is 2.38. The van der Waals surface area contributed by atoms with Gasteiger partial charge in [-0.05, 0) is 51.8 Å². The third kappa shape index (κ3) is 4.95. The van der Waals surface area contributed by atoms with Crippen molar-refractivity contribution in [3.8, 4) is 34.4 Å². The SMILES string of the molecule is COc1nc(-c2ccc(OC3C[C@H]4CC[C@@H](C3)N4C(=O)OC(C)(C)C)nn2)ccc1-c1cn(C)nn1. The van der Waals surface area contributed by atoms with E-state index in [1.807, 2.05) is 43.9 Å². The van der Waals surface area contributed by atoms with E-state index in [0.29, 0.717) is 28.8 Å². The number of fused-ring (bicyclic) bond motifs is 2. The molecule has 2 aliphatic rings. The van der Waals surface area contributed by atoms with Gasteiger partial charge in [-0.25, -0.2) is 9.78 Å². The van der Waals surface area contributed by atoms with Gasteiger partial charge in [0.15, 0.2) is 0 Å². The number of carbonyl (C=O) groups excluding carboxylic acids is 1. The lowest BCUT2D eigenvalue weighted by Crippen LogP contribution is -2.50. The van der Waals surface area contributed by atoms with Crippen molar-refractivity contribution in [1.29, 1.82) is 0 Å². The zero-order valence-electron chi connectivity index (χ0n) is 21.2. The first-order valence-electron chi connectivity index (χ1n) is 12.1. The minimum atomic E-state index is -0.504. The first kappa shape index (κ1) is 24.0. The number of amides is 1. The van der Waals surface area contributed by atoms with E-state index >= 15 is 0 Å². The van der Waals surface area contributed by atoms with Crippen LogP contribution >= 0.6 is 0 Å². The van der Waals surface area contributed by atoms with Gasteiger partial charge in [0.25, 0.3) is 0 Å². The molecule has 1 unspecified atom stereocenters. The Bertz CT molecular complexity index is 1220. The maximum absolute atomic E-state index is 12.7. The van der Waals surface area contributed by atoms with Gasteiger partial charge < -0.3 is 19.1 Å². The van der Waals surface area contributed by atoms with Crippen LogP contribution in [0.15, 0.2) is 30.5 Å². The summed E-state index contributed by atoms with van der Waals surface area (Å²) < 4.78 is 18.9. The molecular weight excluding hydrogens is 462 g/mol. The molecule has 11 heteroatoms. The van der Waals surface area contributed by atoms with Gasteiger partial charge in [0.05, 0.1) is 24.6 Å². The van der Waals surface area contributed by atoms with Crippen molar-refractivity contribution >= 4 is 6.09 Å². The molecule has 190 valence electrons. The maximum Gasteiger partial charge on any atom is 0.410 e. The second kappa shape index (κ2) is 9.36. The molecule has 0 N–H and O–H groups in total. The molecule has 5 heterocycles. The largest absolute Gasteiger partial charge is 0.480 e. The van der Waals surface area contributed by atoms with Gasteiger partial charge in [-0.3, -0.25) is 4.68 Å². The van der Waals surface area contributed by atoms with Crippen molar-refractivity contribution in [2.75, 3.05) is 7.11 Å². The number of hydrogen-bond donors (Lipinski definition) is 0. The second-order valence-corrected chi connectivity index (χ2v) is 10.3. The number of aryl methyl sites for hydroxylation is 1. The zero-order chi connectivity index (χ0) is 25.4. The van der Waals surface area contributed by atoms with Crippen LogP contribution in [-0.4, -0.2) is 72.1 Å².